The van der Waals surface area contributed by atoms with Crippen molar-refractivity contribution >= 4 is 41.5 Å². The molecule has 0 aliphatic heterocycles. The molecule has 4 atom stereocenters. The van der Waals surface area contributed by atoms with Crippen LogP contribution in [0.3, 0.4) is 0 Å². The summed E-state index contributed by atoms with van der Waals surface area (Å²) in [7, 11) is 0. The van der Waals surface area contributed by atoms with E-state index in [1.807, 2.05) is 5.32 Å². The Hall–Kier alpha value is -4.73. The summed E-state index contributed by atoms with van der Waals surface area (Å²) in [6.07, 6.45) is -2.27. The van der Waals surface area contributed by atoms with Gasteiger partial charge in [-0.25, -0.2) is 4.79 Å². The molecule has 16 heteroatoms. The maximum atomic E-state index is 13.1. The van der Waals surface area contributed by atoms with Crippen molar-refractivity contribution in [3.63, 3.8) is 0 Å². The molecule has 0 saturated heterocycles. The number of carbonyl (C=O) groups is 7. The zero-order valence-electron chi connectivity index (χ0n) is 20.1. The normalized spacial score (nSPS) is 13.7. The lowest BCUT2D eigenvalue weighted by molar-refractivity contribution is -0.147. The van der Waals surface area contributed by atoms with Gasteiger partial charge >= 0.3 is 11.9 Å². The number of rotatable bonds is 16. The number of nitrogens with one attached hydrogen (secondary N) is 3. The van der Waals surface area contributed by atoms with Gasteiger partial charge in [-0.3, -0.25) is 28.8 Å². The number of nitrogens with two attached hydrogens (primary N) is 3. The minimum atomic E-state index is -1.87. The molecule has 0 aliphatic carbocycles. The molecule has 38 heavy (non-hydrogen) atoms. The van der Waals surface area contributed by atoms with Gasteiger partial charge in [-0.1, -0.05) is 12.1 Å². The van der Waals surface area contributed by atoms with E-state index < -0.39 is 78.5 Å². The molecular formula is C22H30N6O10. The number of hydrogen-bond acceptors (Lipinski definition) is 9. The van der Waals surface area contributed by atoms with Crippen molar-refractivity contribution in [1.29, 1.82) is 0 Å². The minimum absolute atomic E-state index is 0.0696. The van der Waals surface area contributed by atoms with Crippen LogP contribution < -0.4 is 33.2 Å². The first kappa shape index (κ1) is 31.3. The molecule has 0 aromatic heterocycles. The molecule has 1 rings (SSSR count). The number of phenolic OH excluding ortho intramolecular Hbond substituents is 1. The Bertz CT molecular complexity index is 1060. The number of aliphatic carboxylic acids is 2. The standard InChI is InChI=1S/C22H30N6O10/c23-12(5-6-16(24)30)19(34)26-13(7-10-1-3-11(29)4-2-10)20(35)27-14(8-17(25)31)21(36)28-15(22(37)38)9-18(32)33/h1-4,12-15,29H,5-9,23H2,(H2,24,30)(H2,25,31)(H,26,34)(H,27,35)(H,28,36)(H,32,33)(H,37,38). The van der Waals surface area contributed by atoms with Gasteiger partial charge in [-0.05, 0) is 24.1 Å². The molecular weight excluding hydrogens is 508 g/mol. The van der Waals surface area contributed by atoms with E-state index >= 15 is 0 Å². The molecule has 0 aliphatic rings. The molecule has 0 spiro atoms. The number of amides is 5. The first-order valence-electron chi connectivity index (χ1n) is 11.1. The van der Waals surface area contributed by atoms with Gasteiger partial charge in [0.05, 0.1) is 18.9 Å². The van der Waals surface area contributed by atoms with Gasteiger partial charge in [-0.2, -0.15) is 0 Å². The Morgan fingerprint density at radius 1 is 0.737 bits per heavy atom. The molecule has 16 nitrogen and oxygen atoms in total. The fourth-order valence-electron chi connectivity index (χ4n) is 3.11. The van der Waals surface area contributed by atoms with Crippen molar-refractivity contribution in [1.82, 2.24) is 16.0 Å². The Morgan fingerprint density at radius 3 is 1.76 bits per heavy atom. The van der Waals surface area contributed by atoms with Gasteiger partial charge in [0.2, 0.25) is 29.5 Å². The summed E-state index contributed by atoms with van der Waals surface area (Å²) in [5, 5.41) is 34.0. The van der Waals surface area contributed by atoms with E-state index in [0.29, 0.717) is 5.56 Å². The summed E-state index contributed by atoms with van der Waals surface area (Å²) in [5.41, 5.74) is 16.4. The largest absolute Gasteiger partial charge is 0.508 e. The van der Waals surface area contributed by atoms with Crippen LogP contribution in [-0.2, 0) is 40.0 Å². The van der Waals surface area contributed by atoms with E-state index in [4.69, 9.17) is 27.4 Å². The SMILES string of the molecule is NC(=O)CCC(N)C(=O)NC(Cc1ccc(O)cc1)C(=O)NC(CC(N)=O)C(=O)NC(CC(=O)O)C(=O)O. The first-order valence-corrected chi connectivity index (χ1v) is 11.1. The Kier molecular flexibility index (Phi) is 12.1. The molecule has 5 amide bonds. The molecule has 0 saturated carbocycles. The van der Waals surface area contributed by atoms with Crippen molar-refractivity contribution in [2.45, 2.75) is 56.3 Å². The Balaban J connectivity index is 3.15. The van der Waals surface area contributed by atoms with Crippen molar-refractivity contribution in [2.24, 2.45) is 17.2 Å². The molecule has 0 bridgehead atoms. The van der Waals surface area contributed by atoms with Gasteiger partial charge in [0.25, 0.3) is 0 Å². The number of aromatic hydroxyl groups is 1. The second-order valence-electron chi connectivity index (χ2n) is 8.27. The van der Waals surface area contributed by atoms with E-state index in [9.17, 15) is 38.7 Å². The zero-order valence-corrected chi connectivity index (χ0v) is 20.1. The van der Waals surface area contributed by atoms with E-state index in [1.54, 1.807) is 0 Å². The van der Waals surface area contributed by atoms with Crippen LogP contribution >= 0.6 is 0 Å². The van der Waals surface area contributed by atoms with Gasteiger partial charge < -0.3 is 48.5 Å². The van der Waals surface area contributed by atoms with Crippen LogP contribution in [0, 0.1) is 0 Å². The van der Waals surface area contributed by atoms with Gasteiger partial charge in [0.1, 0.15) is 23.9 Å². The van der Waals surface area contributed by atoms with Crippen LogP contribution in [0.15, 0.2) is 24.3 Å². The molecule has 4 unspecified atom stereocenters. The van der Waals surface area contributed by atoms with E-state index in [1.165, 1.54) is 24.3 Å². The summed E-state index contributed by atoms with van der Waals surface area (Å²) in [6.45, 7) is 0. The second-order valence-corrected chi connectivity index (χ2v) is 8.27. The summed E-state index contributed by atoms with van der Waals surface area (Å²) >= 11 is 0. The third kappa shape index (κ3) is 11.3. The Labute approximate surface area is 215 Å². The highest BCUT2D eigenvalue weighted by molar-refractivity contribution is 5.96. The summed E-state index contributed by atoms with van der Waals surface area (Å²) < 4.78 is 0. The fraction of sp³-hybridized carbons (Fsp3) is 0.409. The zero-order chi connectivity index (χ0) is 29.0. The third-order valence-corrected chi connectivity index (χ3v) is 5.08. The number of benzene rings is 1. The predicted octanol–water partition coefficient (Wildman–Crippen LogP) is -3.58. The van der Waals surface area contributed by atoms with Crippen molar-refractivity contribution in [3.05, 3.63) is 29.8 Å². The second kappa shape index (κ2) is 14.7. The van der Waals surface area contributed by atoms with Crippen LogP contribution in [0.5, 0.6) is 5.75 Å². The molecule has 0 fully saturated rings. The van der Waals surface area contributed by atoms with E-state index in [2.05, 4.69) is 10.6 Å². The van der Waals surface area contributed by atoms with Crippen LogP contribution in [0.25, 0.3) is 0 Å². The lowest BCUT2D eigenvalue weighted by Gasteiger charge is -2.24. The number of phenols is 1. The summed E-state index contributed by atoms with van der Waals surface area (Å²) in [6, 6.07) is -0.678. The minimum Gasteiger partial charge on any atom is -0.508 e. The number of primary amides is 2. The van der Waals surface area contributed by atoms with Gasteiger partial charge in [-0.15, -0.1) is 0 Å². The predicted molar refractivity (Wildman–Crippen MR) is 128 cm³/mol. The lowest BCUT2D eigenvalue weighted by atomic mass is 10.0. The van der Waals surface area contributed by atoms with E-state index in [-0.39, 0.29) is 25.0 Å². The smallest absolute Gasteiger partial charge is 0.326 e. The third-order valence-electron chi connectivity index (χ3n) is 5.08. The molecule has 0 radical (unpaired) electrons. The lowest BCUT2D eigenvalue weighted by Crippen LogP contribution is -2.58. The van der Waals surface area contributed by atoms with Gasteiger partial charge in [0.15, 0.2) is 0 Å². The van der Waals surface area contributed by atoms with Gasteiger partial charge in [0, 0.05) is 12.8 Å². The van der Waals surface area contributed by atoms with Crippen molar-refractivity contribution < 1.29 is 48.9 Å². The number of hydrogen-bond donors (Lipinski definition) is 9. The first-order chi connectivity index (χ1) is 17.7. The van der Waals surface area contributed by atoms with Crippen LogP contribution in [-0.4, -0.2) is 81.0 Å². The fourth-order valence-corrected chi connectivity index (χ4v) is 3.11. The number of carboxylic acids is 2. The highest BCUT2D eigenvalue weighted by Crippen LogP contribution is 2.12. The molecule has 208 valence electrons. The molecule has 0 heterocycles. The van der Waals surface area contributed by atoms with Crippen molar-refractivity contribution in [2.75, 3.05) is 0 Å². The molecule has 1 aromatic carbocycles. The highest BCUT2D eigenvalue weighted by atomic mass is 16.4. The van der Waals surface area contributed by atoms with Crippen molar-refractivity contribution in [3.8, 4) is 5.75 Å². The Morgan fingerprint density at radius 2 is 1.26 bits per heavy atom. The summed E-state index contributed by atoms with van der Waals surface area (Å²) in [4.78, 5) is 83.0. The number of carbonyl (C=O) groups excluding carboxylic acids is 5. The quantitative estimate of drug-likeness (QED) is 0.0990. The topological polar surface area (TPSA) is 294 Å². The highest BCUT2D eigenvalue weighted by Gasteiger charge is 2.32. The van der Waals surface area contributed by atoms with E-state index in [0.717, 1.165) is 0 Å². The summed E-state index contributed by atoms with van der Waals surface area (Å²) in [5.74, 6) is -8.07. The average Bonchev–Trinajstić information content (AvgIpc) is 2.81. The molecule has 1 aromatic rings. The number of carboxylic acid groups (broad SMARTS) is 2. The van der Waals surface area contributed by atoms with Crippen LogP contribution in [0.1, 0.15) is 31.2 Å². The van der Waals surface area contributed by atoms with Crippen LogP contribution in [0.2, 0.25) is 0 Å². The molecule has 12 N–H and O–H groups in total. The van der Waals surface area contributed by atoms with Crippen LogP contribution in [0.4, 0.5) is 0 Å². The monoisotopic (exact) mass is 538 g/mol. The maximum Gasteiger partial charge on any atom is 0.326 e. The average molecular weight is 539 g/mol. The maximum absolute atomic E-state index is 13.1.